The Morgan fingerprint density at radius 2 is 0.945 bits per heavy atom. The van der Waals surface area contributed by atoms with Crippen LogP contribution < -0.4 is 24.5 Å². The van der Waals surface area contributed by atoms with Gasteiger partial charge >= 0.3 is 0 Å². The Balaban J connectivity index is 0.000000169. The highest BCUT2D eigenvalue weighted by atomic mass is 79.9. The van der Waals surface area contributed by atoms with Gasteiger partial charge in [0.15, 0.2) is 11.6 Å². The molecule has 11 rings (SSSR count). The first-order valence-electron chi connectivity index (χ1n) is 24.0. The minimum atomic E-state index is -0.681. The average Bonchev–Trinajstić information content (AvgIpc) is 3.41. The van der Waals surface area contributed by atoms with Gasteiger partial charge in [-0.15, -0.1) is 0 Å². The number of rotatable bonds is 9. The number of aromatic nitrogens is 6. The van der Waals surface area contributed by atoms with Crippen molar-refractivity contribution in [1.29, 1.82) is 0 Å². The highest BCUT2D eigenvalue weighted by Crippen LogP contribution is 2.45. The zero-order valence-corrected chi connectivity index (χ0v) is 42.3. The van der Waals surface area contributed by atoms with Crippen LogP contribution in [0.1, 0.15) is 11.1 Å². The molecule has 3 saturated heterocycles. The number of anilines is 7. The van der Waals surface area contributed by atoms with E-state index in [1.54, 1.807) is 18.6 Å². The molecule has 3 aliphatic rings. The summed E-state index contributed by atoms with van der Waals surface area (Å²) in [5.74, 6) is -1.15. The van der Waals surface area contributed by atoms with Gasteiger partial charge in [0.1, 0.15) is 23.3 Å². The summed E-state index contributed by atoms with van der Waals surface area (Å²) in [6.45, 7) is 11.8. The smallest absolute Gasteiger partial charge is 0.152 e. The largest absolute Gasteiger partial charge is 0.378 e. The van der Waals surface area contributed by atoms with Gasteiger partial charge in [0.2, 0.25) is 0 Å². The summed E-state index contributed by atoms with van der Waals surface area (Å²) in [7, 11) is 3.76. The lowest BCUT2D eigenvalue weighted by molar-refractivity contribution is 0.122. The van der Waals surface area contributed by atoms with Gasteiger partial charge in [0.25, 0.3) is 0 Å². The van der Waals surface area contributed by atoms with E-state index < -0.39 is 23.3 Å². The number of fused-ring (bicyclic) bond motifs is 2. The molecule has 0 aliphatic carbocycles. The Morgan fingerprint density at radius 1 is 0.521 bits per heavy atom. The Labute approximate surface area is 428 Å². The number of ether oxygens (including phenoxy) is 3. The molecule has 73 heavy (non-hydrogen) atoms. The van der Waals surface area contributed by atoms with Crippen LogP contribution in [0, 0.1) is 37.1 Å². The van der Waals surface area contributed by atoms with Crippen LogP contribution in [0.5, 0.6) is 0 Å². The molecule has 0 spiro atoms. The zero-order valence-electron chi connectivity index (χ0n) is 40.8. The summed E-state index contributed by atoms with van der Waals surface area (Å²) in [5, 5.41) is 0.495. The summed E-state index contributed by atoms with van der Waals surface area (Å²) in [5.41, 5.74) is 8.03. The molecule has 3 fully saturated rings. The van der Waals surface area contributed by atoms with E-state index in [9.17, 15) is 8.78 Å². The first kappa shape index (κ1) is 49.5. The topological polar surface area (TPSA) is 121 Å². The summed E-state index contributed by atoms with van der Waals surface area (Å²) < 4.78 is 76.8. The molecule has 0 atom stereocenters. The van der Waals surface area contributed by atoms with Crippen molar-refractivity contribution in [2.75, 3.05) is 118 Å². The van der Waals surface area contributed by atoms with Crippen molar-refractivity contribution < 1.29 is 31.8 Å². The van der Waals surface area contributed by atoms with Gasteiger partial charge in [-0.25, -0.2) is 37.5 Å². The van der Waals surface area contributed by atoms with Gasteiger partial charge in [0.05, 0.1) is 119 Å². The third-order valence-electron chi connectivity index (χ3n) is 13.3. The van der Waals surface area contributed by atoms with Crippen molar-refractivity contribution in [3.63, 3.8) is 0 Å². The normalized spacial score (nSPS) is 15.1. The molecular weight excluding hydrogens is 1010 g/mol. The zero-order chi connectivity index (χ0) is 50.8. The van der Waals surface area contributed by atoms with Crippen LogP contribution >= 0.6 is 15.9 Å². The van der Waals surface area contributed by atoms with Crippen LogP contribution in [0.25, 0.3) is 44.6 Å². The third kappa shape index (κ3) is 10.2. The molecule has 3 aliphatic heterocycles. The van der Waals surface area contributed by atoms with Crippen molar-refractivity contribution >= 4 is 77.8 Å². The summed E-state index contributed by atoms with van der Waals surface area (Å²) >= 11 is 3.53. The summed E-state index contributed by atoms with van der Waals surface area (Å²) in [4.78, 5) is 38.2. The van der Waals surface area contributed by atoms with E-state index in [4.69, 9.17) is 19.2 Å². The van der Waals surface area contributed by atoms with Gasteiger partial charge in [-0.2, -0.15) is 0 Å². The standard InChI is InChI=1S/C29H30F2N6O2.C25H22BrF2N5O/c1-19-27(23-5-3-4-6-32-23)34-24-16-20(30)15-22(31)26(24)28(19)35(2)25-17-21(36-7-11-38-12-8-36)18-33-29(25)37-9-13-39-14-10-37;1-15-23(19-5-3-4-6-29-19)31-20-13-17(27)12-18(28)22(20)24(15)32(2)21-11-16(26)14-30-25(21)33-7-9-34-10-8-33/h3-6,15-18H,7-14H2,1-2H3;3-6,11-14H,7-10H2,1-2H3. The number of morpholine rings is 3. The third-order valence-corrected chi connectivity index (χ3v) is 13.7. The molecular formula is C54H52BrF4N11O3. The minimum absolute atomic E-state index is 0.224. The lowest BCUT2D eigenvalue weighted by atomic mass is 10.0. The van der Waals surface area contributed by atoms with Crippen LogP contribution in [0.3, 0.4) is 0 Å². The van der Waals surface area contributed by atoms with Crippen molar-refractivity contribution in [2.24, 2.45) is 0 Å². The van der Waals surface area contributed by atoms with E-state index in [2.05, 4.69) is 61.6 Å². The summed E-state index contributed by atoms with van der Waals surface area (Å²) in [6, 6.07) is 19.4. The van der Waals surface area contributed by atoms with Crippen LogP contribution in [-0.4, -0.2) is 123 Å². The first-order chi connectivity index (χ1) is 35.4. The molecule has 9 heterocycles. The van der Waals surface area contributed by atoms with E-state index in [1.165, 1.54) is 12.1 Å². The lowest BCUT2D eigenvalue weighted by Crippen LogP contribution is -2.38. The van der Waals surface area contributed by atoms with E-state index in [0.29, 0.717) is 100.0 Å². The quantitative estimate of drug-likeness (QED) is 0.128. The fourth-order valence-corrected chi connectivity index (χ4v) is 10.1. The van der Waals surface area contributed by atoms with Crippen molar-refractivity contribution in [3.05, 3.63) is 136 Å². The maximum absolute atomic E-state index is 15.5. The summed E-state index contributed by atoms with van der Waals surface area (Å²) in [6.07, 6.45) is 6.99. The molecule has 376 valence electrons. The fraction of sp³-hybridized carbons (Fsp3) is 0.296. The molecule has 0 N–H and O–H groups in total. The number of nitrogens with zero attached hydrogens (tertiary/aromatic N) is 11. The molecule has 0 unspecified atom stereocenters. The van der Waals surface area contributed by atoms with Crippen molar-refractivity contribution in [2.45, 2.75) is 13.8 Å². The van der Waals surface area contributed by atoms with Gasteiger partial charge in [-0.3, -0.25) is 9.97 Å². The second-order valence-corrected chi connectivity index (χ2v) is 18.7. The van der Waals surface area contributed by atoms with Crippen LogP contribution in [0.2, 0.25) is 0 Å². The second kappa shape index (κ2) is 21.6. The van der Waals surface area contributed by atoms with E-state index in [1.807, 2.05) is 86.4 Å². The van der Waals surface area contributed by atoms with Gasteiger partial charge in [0, 0.05) is 112 Å². The molecule has 2 aromatic carbocycles. The molecule has 8 aromatic rings. The van der Waals surface area contributed by atoms with Crippen LogP contribution in [-0.2, 0) is 14.2 Å². The SMILES string of the molecule is Cc1c(-c2ccccn2)nc2cc(F)cc(F)c2c1N(C)c1cc(Br)cnc1N1CCOCC1.Cc1c(-c2ccccn2)nc2cc(F)cc(F)c2c1N(C)c1cc(N2CCOCC2)cnc1N1CCOCC1. The van der Waals surface area contributed by atoms with E-state index >= 15 is 8.78 Å². The number of pyridine rings is 6. The highest BCUT2D eigenvalue weighted by molar-refractivity contribution is 9.10. The number of hydrogen-bond donors (Lipinski definition) is 0. The Bertz CT molecular complexity index is 3290. The molecule has 0 amide bonds. The van der Waals surface area contributed by atoms with Crippen LogP contribution in [0.4, 0.5) is 57.6 Å². The Morgan fingerprint density at radius 3 is 1.38 bits per heavy atom. The monoisotopic (exact) mass is 1060 g/mol. The number of hydrogen-bond acceptors (Lipinski definition) is 14. The van der Waals surface area contributed by atoms with Gasteiger partial charge < -0.3 is 38.7 Å². The predicted molar refractivity (Wildman–Crippen MR) is 281 cm³/mol. The maximum Gasteiger partial charge on any atom is 0.152 e. The van der Waals surface area contributed by atoms with Gasteiger partial charge in [-0.05, 0) is 66.2 Å². The highest BCUT2D eigenvalue weighted by Gasteiger charge is 2.29. The van der Waals surface area contributed by atoms with Crippen molar-refractivity contribution in [3.8, 4) is 22.8 Å². The molecule has 0 radical (unpaired) electrons. The number of benzene rings is 2. The minimum Gasteiger partial charge on any atom is -0.378 e. The average molecular weight is 1060 g/mol. The first-order valence-corrected chi connectivity index (χ1v) is 24.8. The molecule has 14 nitrogen and oxygen atoms in total. The second-order valence-electron chi connectivity index (χ2n) is 17.8. The molecule has 6 aromatic heterocycles. The lowest BCUT2D eigenvalue weighted by Gasteiger charge is -2.35. The molecule has 19 heteroatoms. The molecule has 0 bridgehead atoms. The Hall–Kier alpha value is -7.06. The van der Waals surface area contributed by atoms with Crippen LogP contribution in [0.15, 0.2) is 102 Å². The predicted octanol–water partition coefficient (Wildman–Crippen LogP) is 10.4. The Kier molecular flexibility index (Phi) is 14.6. The van der Waals surface area contributed by atoms with Gasteiger partial charge in [-0.1, -0.05) is 12.1 Å². The van der Waals surface area contributed by atoms with Crippen molar-refractivity contribution in [1.82, 2.24) is 29.9 Å². The van der Waals surface area contributed by atoms with E-state index in [-0.39, 0.29) is 21.8 Å². The number of halogens is 5. The van der Waals surface area contributed by atoms with E-state index in [0.717, 1.165) is 69.5 Å². The molecule has 0 saturated carbocycles. The fourth-order valence-electron chi connectivity index (χ4n) is 9.74. The maximum atomic E-state index is 15.5.